The third-order valence-corrected chi connectivity index (χ3v) is 2.10. The summed E-state index contributed by atoms with van der Waals surface area (Å²) in [6.45, 7) is 4.01. The lowest BCUT2D eigenvalue weighted by Crippen LogP contribution is -2.05. The first kappa shape index (κ1) is 8.26. The number of aryl methyl sites for hydroxylation is 1. The van der Waals surface area contributed by atoms with Crippen LogP contribution in [-0.2, 0) is 0 Å². The van der Waals surface area contributed by atoms with E-state index in [9.17, 15) is 0 Å². The number of nitrogens with two attached hydrogens (primary N) is 1. The molecule has 0 saturated carbocycles. The van der Waals surface area contributed by atoms with Crippen LogP contribution in [0.5, 0.6) is 0 Å². The van der Waals surface area contributed by atoms with Gasteiger partial charge in [0.1, 0.15) is 0 Å². The zero-order valence-corrected chi connectivity index (χ0v) is 7.86. The van der Waals surface area contributed by atoms with Crippen LogP contribution in [0.4, 0.5) is 0 Å². The number of nitrogens with zero attached hydrogens (tertiary/aromatic N) is 2. The second kappa shape index (κ2) is 2.85. The first-order valence-corrected chi connectivity index (χ1v) is 4.38. The van der Waals surface area contributed by atoms with Crippen LogP contribution < -0.4 is 5.73 Å². The second-order valence-corrected chi connectivity index (χ2v) is 3.43. The molecular weight excluding hydrogens is 162 g/mol. The van der Waals surface area contributed by atoms with Crippen LogP contribution in [0.25, 0.3) is 5.52 Å². The zero-order valence-electron chi connectivity index (χ0n) is 7.86. The highest BCUT2D eigenvalue weighted by Gasteiger charge is 2.04. The molecule has 2 N–H and O–H groups in total. The molecule has 0 spiro atoms. The lowest BCUT2D eigenvalue weighted by molar-refractivity contribution is 0.756. The Kier molecular flexibility index (Phi) is 1.81. The van der Waals surface area contributed by atoms with Crippen molar-refractivity contribution in [1.82, 2.24) is 9.61 Å². The summed E-state index contributed by atoms with van der Waals surface area (Å²) in [5, 5.41) is 4.34. The maximum absolute atomic E-state index is 5.74. The monoisotopic (exact) mass is 175 g/mol. The fourth-order valence-corrected chi connectivity index (χ4v) is 1.35. The third kappa shape index (κ3) is 1.42. The van der Waals surface area contributed by atoms with Gasteiger partial charge in [0.05, 0.1) is 11.2 Å². The Hall–Kier alpha value is -1.35. The first-order chi connectivity index (χ1) is 6.16. The van der Waals surface area contributed by atoms with Crippen LogP contribution in [0.2, 0.25) is 0 Å². The standard InChI is InChI=1S/C10H13N3/c1-7-3-4-13-9(5-7)6-10(12-13)8(2)11/h3-6,8H,11H2,1-2H3. The van der Waals surface area contributed by atoms with Crippen molar-refractivity contribution in [2.75, 3.05) is 0 Å². The average molecular weight is 175 g/mol. The van der Waals surface area contributed by atoms with E-state index >= 15 is 0 Å². The molecule has 3 heteroatoms. The van der Waals surface area contributed by atoms with Crippen molar-refractivity contribution < 1.29 is 0 Å². The van der Waals surface area contributed by atoms with Gasteiger partial charge in [0, 0.05) is 12.2 Å². The van der Waals surface area contributed by atoms with Crippen molar-refractivity contribution >= 4 is 5.52 Å². The number of hydrogen-bond donors (Lipinski definition) is 1. The van der Waals surface area contributed by atoms with Crippen molar-refractivity contribution in [3.8, 4) is 0 Å². The normalized spacial score (nSPS) is 13.5. The minimum atomic E-state index is 0.000191. The summed E-state index contributed by atoms with van der Waals surface area (Å²) < 4.78 is 1.85. The summed E-state index contributed by atoms with van der Waals surface area (Å²) in [6.07, 6.45) is 1.95. The van der Waals surface area contributed by atoms with Gasteiger partial charge in [-0.1, -0.05) is 0 Å². The Morgan fingerprint density at radius 2 is 2.23 bits per heavy atom. The first-order valence-electron chi connectivity index (χ1n) is 4.38. The maximum atomic E-state index is 5.74. The Bertz CT molecular complexity index is 429. The summed E-state index contributed by atoms with van der Waals surface area (Å²) in [7, 11) is 0. The zero-order chi connectivity index (χ0) is 9.42. The fourth-order valence-electron chi connectivity index (χ4n) is 1.35. The van der Waals surface area contributed by atoms with Crippen LogP contribution in [0.3, 0.4) is 0 Å². The largest absolute Gasteiger partial charge is 0.323 e. The van der Waals surface area contributed by atoms with Crippen LogP contribution in [0.15, 0.2) is 24.4 Å². The summed E-state index contributed by atoms with van der Waals surface area (Å²) in [5.41, 5.74) is 9.02. The van der Waals surface area contributed by atoms with E-state index in [0.717, 1.165) is 11.2 Å². The molecule has 0 amide bonds. The van der Waals surface area contributed by atoms with E-state index in [0.29, 0.717) is 0 Å². The molecule has 0 aliphatic rings. The van der Waals surface area contributed by atoms with Gasteiger partial charge in [-0.2, -0.15) is 5.10 Å². The topological polar surface area (TPSA) is 43.3 Å². The van der Waals surface area contributed by atoms with Crippen molar-refractivity contribution in [2.45, 2.75) is 19.9 Å². The predicted molar refractivity (Wildman–Crippen MR) is 52.5 cm³/mol. The van der Waals surface area contributed by atoms with Gasteiger partial charge in [-0.05, 0) is 37.6 Å². The van der Waals surface area contributed by atoms with Gasteiger partial charge in [0.15, 0.2) is 0 Å². The molecule has 1 unspecified atom stereocenters. The molecule has 0 aliphatic heterocycles. The highest BCUT2D eigenvalue weighted by molar-refractivity contribution is 5.49. The SMILES string of the molecule is Cc1ccn2nc(C(C)N)cc2c1. The van der Waals surface area contributed by atoms with Crippen molar-refractivity contribution in [2.24, 2.45) is 5.73 Å². The molecule has 2 aromatic rings. The average Bonchev–Trinajstić information content (AvgIpc) is 2.46. The Morgan fingerprint density at radius 3 is 2.92 bits per heavy atom. The highest BCUT2D eigenvalue weighted by atomic mass is 15.2. The third-order valence-electron chi connectivity index (χ3n) is 2.10. The molecule has 2 rings (SSSR count). The van der Waals surface area contributed by atoms with Crippen molar-refractivity contribution in [3.63, 3.8) is 0 Å². The Labute approximate surface area is 77.2 Å². The Balaban J connectivity index is 2.62. The van der Waals surface area contributed by atoms with E-state index < -0.39 is 0 Å². The van der Waals surface area contributed by atoms with Crippen molar-refractivity contribution in [1.29, 1.82) is 0 Å². The van der Waals surface area contributed by atoms with Gasteiger partial charge in [-0.15, -0.1) is 0 Å². The van der Waals surface area contributed by atoms with E-state index in [2.05, 4.69) is 18.1 Å². The number of pyridine rings is 1. The molecule has 0 bridgehead atoms. The molecule has 0 saturated heterocycles. The minimum Gasteiger partial charge on any atom is -0.323 e. The molecule has 0 radical (unpaired) electrons. The van der Waals surface area contributed by atoms with Crippen LogP contribution in [0.1, 0.15) is 24.2 Å². The highest BCUT2D eigenvalue weighted by Crippen LogP contribution is 2.12. The van der Waals surface area contributed by atoms with Crippen LogP contribution in [-0.4, -0.2) is 9.61 Å². The number of rotatable bonds is 1. The molecule has 2 aromatic heterocycles. The quantitative estimate of drug-likeness (QED) is 0.716. The fraction of sp³-hybridized carbons (Fsp3) is 0.300. The Morgan fingerprint density at radius 1 is 1.46 bits per heavy atom. The summed E-state index contributed by atoms with van der Waals surface area (Å²) in [6, 6.07) is 6.15. The van der Waals surface area contributed by atoms with Crippen molar-refractivity contribution in [3.05, 3.63) is 35.7 Å². The molecule has 13 heavy (non-hydrogen) atoms. The summed E-state index contributed by atoms with van der Waals surface area (Å²) >= 11 is 0. The summed E-state index contributed by atoms with van der Waals surface area (Å²) in [5.74, 6) is 0. The second-order valence-electron chi connectivity index (χ2n) is 3.43. The number of aromatic nitrogens is 2. The number of hydrogen-bond acceptors (Lipinski definition) is 2. The number of fused-ring (bicyclic) bond motifs is 1. The molecule has 0 fully saturated rings. The molecule has 2 heterocycles. The molecular formula is C10H13N3. The van der Waals surface area contributed by atoms with E-state index in [-0.39, 0.29) is 6.04 Å². The van der Waals surface area contributed by atoms with Gasteiger partial charge in [0.25, 0.3) is 0 Å². The molecule has 3 nitrogen and oxygen atoms in total. The van der Waals surface area contributed by atoms with E-state index in [1.165, 1.54) is 5.56 Å². The smallest absolute Gasteiger partial charge is 0.0799 e. The van der Waals surface area contributed by atoms with E-state index in [1.54, 1.807) is 0 Å². The van der Waals surface area contributed by atoms with E-state index in [4.69, 9.17) is 5.73 Å². The molecule has 1 atom stereocenters. The molecule has 68 valence electrons. The van der Waals surface area contributed by atoms with Crippen LogP contribution >= 0.6 is 0 Å². The van der Waals surface area contributed by atoms with Gasteiger partial charge in [0.2, 0.25) is 0 Å². The maximum Gasteiger partial charge on any atom is 0.0799 e. The molecule has 0 aliphatic carbocycles. The lowest BCUT2D eigenvalue weighted by Gasteiger charge is -1.96. The predicted octanol–water partition coefficient (Wildman–Crippen LogP) is 1.66. The van der Waals surface area contributed by atoms with Gasteiger partial charge in [-0.3, -0.25) is 0 Å². The lowest BCUT2D eigenvalue weighted by atomic mass is 10.2. The van der Waals surface area contributed by atoms with Gasteiger partial charge < -0.3 is 5.73 Å². The van der Waals surface area contributed by atoms with Gasteiger partial charge >= 0.3 is 0 Å². The summed E-state index contributed by atoms with van der Waals surface area (Å²) in [4.78, 5) is 0. The van der Waals surface area contributed by atoms with Gasteiger partial charge in [-0.25, -0.2) is 4.52 Å². The van der Waals surface area contributed by atoms with Crippen LogP contribution in [0, 0.1) is 6.92 Å². The minimum absolute atomic E-state index is 0.000191. The van der Waals surface area contributed by atoms with E-state index in [1.807, 2.05) is 29.8 Å². The molecule has 0 aromatic carbocycles.